The number of hydrogen-bond acceptors (Lipinski definition) is 3. The van der Waals surface area contributed by atoms with Crippen LogP contribution in [0.3, 0.4) is 0 Å². The first-order valence-corrected chi connectivity index (χ1v) is 7.72. The molecule has 0 aliphatic rings. The first-order valence-electron chi connectivity index (χ1n) is 7.72. The molecule has 2 N–H and O–H groups in total. The Kier molecular flexibility index (Phi) is 4.66. The van der Waals surface area contributed by atoms with E-state index >= 15 is 0 Å². The van der Waals surface area contributed by atoms with Crippen molar-refractivity contribution in [3.63, 3.8) is 0 Å². The van der Waals surface area contributed by atoms with Gasteiger partial charge in [-0.25, -0.2) is 4.79 Å². The van der Waals surface area contributed by atoms with Crippen LogP contribution in [-0.2, 0) is 17.8 Å². The lowest BCUT2D eigenvalue weighted by Gasteiger charge is -2.14. The van der Waals surface area contributed by atoms with Crippen LogP contribution in [0.2, 0.25) is 0 Å². The van der Waals surface area contributed by atoms with E-state index in [4.69, 9.17) is 9.84 Å². The Bertz CT molecular complexity index is 931. The molecular formula is C20H16O5. The number of rotatable bonds is 6. The van der Waals surface area contributed by atoms with Crippen molar-refractivity contribution in [3.05, 3.63) is 77.4 Å². The molecule has 25 heavy (non-hydrogen) atoms. The van der Waals surface area contributed by atoms with E-state index in [2.05, 4.69) is 0 Å². The second kappa shape index (κ2) is 7.05. The normalized spacial score (nSPS) is 10.6. The Morgan fingerprint density at radius 3 is 2.16 bits per heavy atom. The molecule has 0 aliphatic carbocycles. The summed E-state index contributed by atoms with van der Waals surface area (Å²) in [5, 5.41) is 19.9. The highest BCUT2D eigenvalue weighted by molar-refractivity contribution is 6.02. The molecule has 5 nitrogen and oxygen atoms in total. The van der Waals surface area contributed by atoms with Crippen LogP contribution in [0.25, 0.3) is 10.8 Å². The van der Waals surface area contributed by atoms with Gasteiger partial charge in [-0.15, -0.1) is 0 Å². The van der Waals surface area contributed by atoms with Gasteiger partial charge in [0.25, 0.3) is 0 Å². The largest absolute Gasteiger partial charge is 0.488 e. The lowest BCUT2D eigenvalue weighted by atomic mass is 9.95. The second-order valence-corrected chi connectivity index (χ2v) is 5.60. The van der Waals surface area contributed by atoms with Crippen LogP contribution in [-0.4, -0.2) is 22.2 Å². The second-order valence-electron chi connectivity index (χ2n) is 5.60. The van der Waals surface area contributed by atoms with Crippen LogP contribution in [0.1, 0.15) is 21.5 Å². The fourth-order valence-corrected chi connectivity index (χ4v) is 2.79. The Morgan fingerprint density at radius 1 is 0.880 bits per heavy atom. The summed E-state index contributed by atoms with van der Waals surface area (Å²) in [6, 6.07) is 18.0. The predicted molar refractivity (Wildman–Crippen MR) is 93.0 cm³/mol. The van der Waals surface area contributed by atoms with Crippen LogP contribution in [0, 0.1) is 0 Å². The number of carboxylic acids is 2. The van der Waals surface area contributed by atoms with Crippen LogP contribution in [0.5, 0.6) is 5.75 Å². The lowest BCUT2D eigenvalue weighted by molar-refractivity contribution is -0.136. The summed E-state index contributed by atoms with van der Waals surface area (Å²) < 4.78 is 5.85. The summed E-state index contributed by atoms with van der Waals surface area (Å²) >= 11 is 0. The molecule has 0 aromatic heterocycles. The van der Waals surface area contributed by atoms with Crippen molar-refractivity contribution in [2.24, 2.45) is 0 Å². The van der Waals surface area contributed by atoms with Crippen LogP contribution in [0.4, 0.5) is 0 Å². The van der Waals surface area contributed by atoms with Crippen molar-refractivity contribution in [2.75, 3.05) is 0 Å². The molecule has 3 rings (SSSR count). The summed E-state index contributed by atoms with van der Waals surface area (Å²) in [5.41, 5.74) is 1.19. The number of carboxylic acid groups (broad SMARTS) is 2. The van der Waals surface area contributed by atoms with Gasteiger partial charge in [0.1, 0.15) is 12.4 Å². The van der Waals surface area contributed by atoms with E-state index in [0.717, 1.165) is 5.56 Å². The van der Waals surface area contributed by atoms with Crippen LogP contribution in [0.15, 0.2) is 60.7 Å². The monoisotopic (exact) mass is 336 g/mol. The molecular weight excluding hydrogens is 320 g/mol. The summed E-state index contributed by atoms with van der Waals surface area (Å²) in [4.78, 5) is 22.8. The molecule has 0 fully saturated rings. The third-order valence-corrected chi connectivity index (χ3v) is 3.91. The molecule has 0 bridgehead atoms. The van der Waals surface area contributed by atoms with Gasteiger partial charge in [0.2, 0.25) is 0 Å². The molecule has 0 aliphatic heterocycles. The molecule has 0 saturated heterocycles. The average Bonchev–Trinajstić information content (AvgIpc) is 2.61. The van der Waals surface area contributed by atoms with E-state index in [1.165, 1.54) is 6.07 Å². The Morgan fingerprint density at radius 2 is 1.52 bits per heavy atom. The number of carbonyl (C=O) groups is 2. The zero-order valence-electron chi connectivity index (χ0n) is 13.3. The maximum Gasteiger partial charge on any atom is 0.336 e. The van der Waals surface area contributed by atoms with E-state index in [-0.39, 0.29) is 17.5 Å². The zero-order chi connectivity index (χ0) is 17.8. The number of aliphatic carboxylic acids is 1. The summed E-state index contributed by atoms with van der Waals surface area (Å²) in [7, 11) is 0. The fraction of sp³-hybridized carbons (Fsp3) is 0.100. The van der Waals surface area contributed by atoms with Gasteiger partial charge in [-0.1, -0.05) is 54.6 Å². The van der Waals surface area contributed by atoms with Crippen LogP contribution >= 0.6 is 0 Å². The molecule has 3 aromatic carbocycles. The smallest absolute Gasteiger partial charge is 0.336 e. The van der Waals surface area contributed by atoms with Crippen molar-refractivity contribution in [1.82, 2.24) is 0 Å². The van der Waals surface area contributed by atoms with Gasteiger partial charge in [0.05, 0.1) is 12.0 Å². The SMILES string of the molecule is O=C(O)Cc1c(C(=O)O)cc(OCc2ccccc2)c2ccccc12. The number of fused-ring (bicyclic) bond motifs is 1. The van der Waals surface area contributed by atoms with Crippen LogP contribution < -0.4 is 4.74 Å². The topological polar surface area (TPSA) is 83.8 Å². The molecule has 0 atom stereocenters. The summed E-state index contributed by atoms with van der Waals surface area (Å²) in [6.45, 7) is 0.294. The predicted octanol–water partition coefficient (Wildman–Crippen LogP) is 3.74. The van der Waals surface area contributed by atoms with Gasteiger partial charge in [0, 0.05) is 5.39 Å². The van der Waals surface area contributed by atoms with Gasteiger partial charge in [-0.3, -0.25) is 4.79 Å². The Balaban J connectivity index is 2.09. The van der Waals surface area contributed by atoms with Gasteiger partial charge < -0.3 is 14.9 Å². The third-order valence-electron chi connectivity index (χ3n) is 3.91. The van der Waals surface area contributed by atoms with Crippen molar-refractivity contribution < 1.29 is 24.5 Å². The highest BCUT2D eigenvalue weighted by atomic mass is 16.5. The standard InChI is InChI=1S/C20H16O5/c21-19(22)11-16-14-8-4-5-9-15(14)18(10-17(16)20(23)24)25-12-13-6-2-1-3-7-13/h1-10H,11-12H2,(H,21,22)(H,23,24). The van der Waals surface area contributed by atoms with Gasteiger partial charge in [-0.2, -0.15) is 0 Å². The first kappa shape index (κ1) is 16.5. The maximum atomic E-state index is 11.6. The zero-order valence-corrected chi connectivity index (χ0v) is 13.3. The fourth-order valence-electron chi connectivity index (χ4n) is 2.79. The van der Waals surface area contributed by atoms with E-state index in [9.17, 15) is 14.7 Å². The molecule has 0 heterocycles. The van der Waals surface area contributed by atoms with Gasteiger partial charge in [0.15, 0.2) is 0 Å². The molecule has 3 aromatic rings. The summed E-state index contributed by atoms with van der Waals surface area (Å²) in [6.07, 6.45) is -0.360. The number of ether oxygens (including phenoxy) is 1. The van der Waals surface area contributed by atoms with Crippen molar-refractivity contribution in [3.8, 4) is 5.75 Å². The molecule has 0 unspecified atom stereocenters. The van der Waals surface area contributed by atoms with Crippen molar-refractivity contribution >= 4 is 22.7 Å². The van der Waals surface area contributed by atoms with Gasteiger partial charge in [-0.05, 0) is 22.6 Å². The first-order chi connectivity index (χ1) is 12.1. The minimum absolute atomic E-state index is 0.0517. The van der Waals surface area contributed by atoms with E-state index in [1.807, 2.05) is 36.4 Å². The molecule has 0 spiro atoms. The quantitative estimate of drug-likeness (QED) is 0.716. The minimum Gasteiger partial charge on any atom is -0.488 e. The van der Waals surface area contributed by atoms with E-state index in [0.29, 0.717) is 23.1 Å². The number of benzene rings is 3. The number of hydrogen-bond donors (Lipinski definition) is 2. The molecule has 126 valence electrons. The Labute approximate surface area is 144 Å². The molecule has 5 heteroatoms. The highest BCUT2D eigenvalue weighted by Gasteiger charge is 2.19. The minimum atomic E-state index is -1.17. The number of aromatic carboxylic acids is 1. The third kappa shape index (κ3) is 3.61. The van der Waals surface area contributed by atoms with Crippen molar-refractivity contribution in [1.29, 1.82) is 0 Å². The molecule has 0 amide bonds. The average molecular weight is 336 g/mol. The van der Waals surface area contributed by atoms with Crippen molar-refractivity contribution in [2.45, 2.75) is 13.0 Å². The van der Waals surface area contributed by atoms with Gasteiger partial charge >= 0.3 is 11.9 Å². The summed E-state index contributed by atoms with van der Waals surface area (Å²) in [5.74, 6) is -1.83. The highest BCUT2D eigenvalue weighted by Crippen LogP contribution is 2.32. The lowest BCUT2D eigenvalue weighted by Crippen LogP contribution is -2.10. The molecule has 0 radical (unpaired) electrons. The maximum absolute atomic E-state index is 11.6. The Hall–Kier alpha value is -3.34. The van der Waals surface area contributed by atoms with E-state index in [1.54, 1.807) is 18.2 Å². The molecule has 0 saturated carbocycles. The van der Waals surface area contributed by atoms with E-state index < -0.39 is 11.9 Å².